The van der Waals surface area contributed by atoms with Crippen LogP contribution in [0.4, 0.5) is 35.1 Å². The van der Waals surface area contributed by atoms with Crippen LogP contribution in [0.1, 0.15) is 29.2 Å². The number of hydrogen-bond donors (Lipinski definition) is 0. The van der Waals surface area contributed by atoms with E-state index in [9.17, 15) is 40.8 Å². The van der Waals surface area contributed by atoms with E-state index in [0.29, 0.717) is 16.7 Å². The van der Waals surface area contributed by atoms with E-state index in [4.69, 9.17) is 9.15 Å². The van der Waals surface area contributed by atoms with Crippen LogP contribution >= 0.6 is 0 Å². The average molecular weight is 568 g/mol. The molecular formula is C27H16F8N2O3. The molecule has 0 radical (unpaired) electrons. The molecule has 0 fully saturated rings. The fourth-order valence-electron chi connectivity index (χ4n) is 4.23. The van der Waals surface area contributed by atoms with Crippen LogP contribution in [0.15, 0.2) is 45.8 Å². The second kappa shape index (κ2) is 10.5. The monoisotopic (exact) mass is 568 g/mol. The molecular weight excluding hydrogens is 552 g/mol. The van der Waals surface area contributed by atoms with E-state index < -0.39 is 86.8 Å². The van der Waals surface area contributed by atoms with Crippen LogP contribution in [0.25, 0.3) is 22.6 Å². The molecule has 40 heavy (non-hydrogen) atoms. The maximum atomic E-state index is 15.2. The van der Waals surface area contributed by atoms with E-state index in [1.165, 1.54) is 13.0 Å². The summed E-state index contributed by atoms with van der Waals surface area (Å²) in [5, 5.41) is 9.30. The lowest BCUT2D eigenvalue weighted by Crippen LogP contribution is -2.29. The molecule has 0 unspecified atom stereocenters. The van der Waals surface area contributed by atoms with Gasteiger partial charge in [-0.2, -0.15) is 22.8 Å². The van der Waals surface area contributed by atoms with Crippen molar-refractivity contribution in [1.82, 2.24) is 4.57 Å². The van der Waals surface area contributed by atoms with Gasteiger partial charge in [-0.25, -0.2) is 17.6 Å². The average Bonchev–Trinajstić information content (AvgIpc) is 3.37. The number of pyridine rings is 1. The Hall–Kier alpha value is -4.60. The number of nitriles is 1. The van der Waals surface area contributed by atoms with Crippen molar-refractivity contribution >= 4 is 0 Å². The molecule has 5 nitrogen and oxygen atoms in total. The van der Waals surface area contributed by atoms with Gasteiger partial charge < -0.3 is 9.15 Å². The Balaban J connectivity index is 1.99. The molecule has 0 bridgehead atoms. The molecule has 4 aromatic rings. The van der Waals surface area contributed by atoms with Crippen LogP contribution in [0.2, 0.25) is 0 Å². The second-order valence-corrected chi connectivity index (χ2v) is 8.44. The maximum absolute atomic E-state index is 15.2. The molecule has 2 heterocycles. The standard InChI is InChI=1S/C27H16F8N2O3/c1-3-15-22(30)21(23(31)24(32)25(15)39-2)13-6-20(40-11-13)19-8-17(27(33,34)35)16(9-36)26(38)37(19)10-12-4-5-14(28)7-18(12)29/h4-8,11H,3,10H2,1-2H3. The normalized spacial score (nSPS) is 11.5. The molecule has 0 amide bonds. The summed E-state index contributed by atoms with van der Waals surface area (Å²) in [5.41, 5.74) is -7.11. The first-order chi connectivity index (χ1) is 18.8. The maximum Gasteiger partial charge on any atom is 0.417 e. The highest BCUT2D eigenvalue weighted by molar-refractivity contribution is 5.72. The zero-order valence-electron chi connectivity index (χ0n) is 20.5. The number of ether oxygens (including phenoxy) is 1. The summed E-state index contributed by atoms with van der Waals surface area (Å²) < 4.78 is 124. The predicted octanol–water partition coefficient (Wildman–Crippen LogP) is 6.98. The topological polar surface area (TPSA) is 68.2 Å². The van der Waals surface area contributed by atoms with E-state index in [-0.39, 0.29) is 17.5 Å². The van der Waals surface area contributed by atoms with Crippen molar-refractivity contribution in [3.8, 4) is 34.4 Å². The van der Waals surface area contributed by atoms with Crippen molar-refractivity contribution in [1.29, 1.82) is 5.26 Å². The van der Waals surface area contributed by atoms with Gasteiger partial charge in [-0.3, -0.25) is 9.36 Å². The summed E-state index contributed by atoms with van der Waals surface area (Å²) in [4.78, 5) is 13.0. The molecule has 0 atom stereocenters. The molecule has 0 aliphatic rings. The van der Waals surface area contributed by atoms with Gasteiger partial charge in [0.15, 0.2) is 17.3 Å². The predicted molar refractivity (Wildman–Crippen MR) is 125 cm³/mol. The number of alkyl halides is 3. The molecule has 0 aliphatic heterocycles. The lowest BCUT2D eigenvalue weighted by Gasteiger charge is -2.16. The number of nitrogens with zero attached hydrogens (tertiary/aromatic N) is 2. The largest absolute Gasteiger partial charge is 0.493 e. The van der Waals surface area contributed by atoms with Crippen LogP contribution in [0.3, 0.4) is 0 Å². The molecule has 2 aromatic heterocycles. The highest BCUT2D eigenvalue weighted by atomic mass is 19.4. The van der Waals surface area contributed by atoms with Gasteiger partial charge in [-0.15, -0.1) is 0 Å². The lowest BCUT2D eigenvalue weighted by molar-refractivity contribution is -0.137. The SMILES string of the molecule is CCc1c(F)c(-c2coc(-c3cc(C(F)(F)F)c(C#N)c(=O)n3Cc3ccc(F)cc3F)c2)c(F)c(F)c1OC. The summed E-state index contributed by atoms with van der Waals surface area (Å²) in [7, 11) is 1.01. The van der Waals surface area contributed by atoms with Crippen LogP contribution in [0.5, 0.6) is 5.75 Å². The molecule has 0 saturated heterocycles. The van der Waals surface area contributed by atoms with Crippen molar-refractivity contribution < 1.29 is 44.3 Å². The fourth-order valence-corrected chi connectivity index (χ4v) is 4.23. The number of aromatic nitrogens is 1. The van der Waals surface area contributed by atoms with Crippen LogP contribution in [-0.2, 0) is 19.1 Å². The molecule has 0 aliphatic carbocycles. The van der Waals surface area contributed by atoms with Crippen LogP contribution in [-0.4, -0.2) is 11.7 Å². The van der Waals surface area contributed by atoms with Gasteiger partial charge in [0.25, 0.3) is 5.56 Å². The van der Waals surface area contributed by atoms with Gasteiger partial charge in [0.05, 0.1) is 36.7 Å². The van der Waals surface area contributed by atoms with Crippen molar-refractivity contribution in [2.24, 2.45) is 0 Å². The molecule has 2 aromatic carbocycles. The van der Waals surface area contributed by atoms with Gasteiger partial charge in [0.2, 0.25) is 5.82 Å². The number of rotatable bonds is 6. The third-order valence-electron chi connectivity index (χ3n) is 6.13. The van der Waals surface area contributed by atoms with E-state index in [0.717, 1.165) is 31.6 Å². The Bertz CT molecular complexity index is 1730. The Labute approximate surface area is 220 Å². The second-order valence-electron chi connectivity index (χ2n) is 8.44. The smallest absolute Gasteiger partial charge is 0.417 e. The van der Waals surface area contributed by atoms with E-state index >= 15 is 4.39 Å². The van der Waals surface area contributed by atoms with E-state index in [1.807, 2.05) is 0 Å². The zero-order chi connectivity index (χ0) is 29.5. The van der Waals surface area contributed by atoms with Crippen LogP contribution < -0.4 is 10.3 Å². The zero-order valence-corrected chi connectivity index (χ0v) is 20.5. The molecule has 208 valence electrons. The Morgan fingerprint density at radius 3 is 2.30 bits per heavy atom. The minimum absolute atomic E-state index is 0.114. The summed E-state index contributed by atoms with van der Waals surface area (Å²) in [6.07, 6.45) is -4.58. The van der Waals surface area contributed by atoms with Crippen molar-refractivity contribution in [3.63, 3.8) is 0 Å². The Morgan fingerprint density at radius 1 is 1.02 bits per heavy atom. The molecule has 0 spiro atoms. The Morgan fingerprint density at radius 2 is 1.73 bits per heavy atom. The number of furan rings is 1. The van der Waals surface area contributed by atoms with Gasteiger partial charge in [-0.1, -0.05) is 13.0 Å². The number of benzene rings is 2. The first-order valence-electron chi connectivity index (χ1n) is 11.4. The quantitative estimate of drug-likeness (QED) is 0.186. The lowest BCUT2D eigenvalue weighted by atomic mass is 10.00. The minimum Gasteiger partial charge on any atom is -0.493 e. The van der Waals surface area contributed by atoms with Gasteiger partial charge in [0.1, 0.15) is 29.1 Å². The van der Waals surface area contributed by atoms with E-state index in [1.54, 1.807) is 0 Å². The summed E-state index contributed by atoms with van der Waals surface area (Å²) in [5.74, 6) is -7.72. The third-order valence-corrected chi connectivity index (χ3v) is 6.13. The number of methoxy groups -OCH3 is 1. The molecule has 0 saturated carbocycles. The highest BCUT2D eigenvalue weighted by Gasteiger charge is 2.37. The molecule has 4 rings (SSSR count). The molecule has 13 heteroatoms. The van der Waals surface area contributed by atoms with Crippen molar-refractivity contribution in [2.45, 2.75) is 26.1 Å². The van der Waals surface area contributed by atoms with Crippen molar-refractivity contribution in [2.75, 3.05) is 7.11 Å². The van der Waals surface area contributed by atoms with E-state index in [2.05, 4.69) is 0 Å². The first-order valence-corrected chi connectivity index (χ1v) is 11.4. The molecule has 0 N–H and O–H groups in total. The third kappa shape index (κ3) is 4.81. The Kier molecular flexibility index (Phi) is 7.47. The summed E-state index contributed by atoms with van der Waals surface area (Å²) >= 11 is 0. The van der Waals surface area contributed by atoms with Crippen molar-refractivity contribution in [3.05, 3.63) is 98.3 Å². The van der Waals surface area contributed by atoms with Crippen LogP contribution in [0, 0.1) is 40.4 Å². The van der Waals surface area contributed by atoms with Gasteiger partial charge in [-0.05, 0) is 24.6 Å². The minimum atomic E-state index is -5.19. The fraction of sp³-hybridized carbons (Fsp3) is 0.185. The van der Waals surface area contributed by atoms with Gasteiger partial charge in [0, 0.05) is 22.8 Å². The first kappa shape index (κ1) is 28.4. The number of hydrogen-bond acceptors (Lipinski definition) is 4. The van der Waals surface area contributed by atoms with Gasteiger partial charge >= 0.3 is 6.18 Å². The summed E-state index contributed by atoms with van der Waals surface area (Å²) in [6, 6.07) is 4.68. The summed E-state index contributed by atoms with van der Waals surface area (Å²) in [6.45, 7) is 0.675. The highest BCUT2D eigenvalue weighted by Crippen LogP contribution is 2.40. The number of halogens is 8.